The molecular formula is C7H16N2O. The van der Waals surface area contributed by atoms with Gasteiger partial charge in [-0.15, -0.1) is 0 Å². The van der Waals surface area contributed by atoms with Crippen molar-refractivity contribution < 1.29 is 4.79 Å². The molecule has 0 saturated heterocycles. The molecule has 10 heavy (non-hydrogen) atoms. The van der Waals surface area contributed by atoms with Gasteiger partial charge in [-0.05, 0) is 20.3 Å². The van der Waals surface area contributed by atoms with Crippen LogP contribution in [0, 0.1) is 0 Å². The molecule has 0 spiro atoms. The van der Waals surface area contributed by atoms with E-state index in [-0.39, 0.29) is 12.1 Å². The zero-order valence-corrected chi connectivity index (χ0v) is 6.90. The summed E-state index contributed by atoms with van der Waals surface area (Å²) in [6, 6.07) is 0.198. The molecule has 0 aliphatic carbocycles. The first-order chi connectivity index (χ1) is 4.70. The van der Waals surface area contributed by atoms with E-state index >= 15 is 0 Å². The van der Waals surface area contributed by atoms with Crippen LogP contribution in [0.2, 0.25) is 0 Å². The Labute approximate surface area is 62.2 Å². The van der Waals surface area contributed by atoms with Crippen LogP contribution in [0.4, 0.5) is 4.79 Å². The van der Waals surface area contributed by atoms with Gasteiger partial charge in [-0.25, -0.2) is 4.79 Å². The average Bonchev–Trinajstić information content (AvgIpc) is 1.88. The van der Waals surface area contributed by atoms with E-state index in [4.69, 9.17) is 0 Å². The van der Waals surface area contributed by atoms with Gasteiger partial charge in [0.05, 0.1) is 0 Å². The Morgan fingerprint density at radius 3 is 2.50 bits per heavy atom. The summed E-state index contributed by atoms with van der Waals surface area (Å²) in [7, 11) is 0. The Bertz CT molecular complexity index is 104. The maximum Gasteiger partial charge on any atom is 0.314 e. The van der Waals surface area contributed by atoms with Gasteiger partial charge in [-0.2, -0.15) is 0 Å². The lowest BCUT2D eigenvalue weighted by Gasteiger charge is -2.10. The Morgan fingerprint density at radius 2 is 2.10 bits per heavy atom. The maximum atomic E-state index is 10.8. The largest absolute Gasteiger partial charge is 0.338 e. The van der Waals surface area contributed by atoms with Crippen LogP contribution in [0.5, 0.6) is 0 Å². The van der Waals surface area contributed by atoms with Crippen molar-refractivity contribution in [3.8, 4) is 0 Å². The number of carbonyl (C=O) groups excluding carboxylic acids is 1. The van der Waals surface area contributed by atoms with Crippen LogP contribution in [0.15, 0.2) is 0 Å². The summed E-state index contributed by atoms with van der Waals surface area (Å²) < 4.78 is 0. The summed E-state index contributed by atoms with van der Waals surface area (Å²) >= 11 is 0. The average molecular weight is 144 g/mol. The number of hydrogen-bond acceptors (Lipinski definition) is 1. The van der Waals surface area contributed by atoms with E-state index in [1.165, 1.54) is 0 Å². The molecule has 1 unspecified atom stereocenters. The number of nitrogens with one attached hydrogen (secondary N) is 2. The fourth-order valence-electron chi connectivity index (χ4n) is 0.537. The number of hydrogen-bond donors (Lipinski definition) is 2. The highest BCUT2D eigenvalue weighted by Crippen LogP contribution is 1.85. The van der Waals surface area contributed by atoms with Crippen LogP contribution in [0.25, 0.3) is 0 Å². The highest BCUT2D eigenvalue weighted by atomic mass is 16.2. The number of rotatable bonds is 3. The zero-order valence-electron chi connectivity index (χ0n) is 6.90. The molecule has 0 radical (unpaired) electrons. The topological polar surface area (TPSA) is 41.1 Å². The molecule has 3 nitrogen and oxygen atoms in total. The first-order valence-corrected chi connectivity index (χ1v) is 3.75. The van der Waals surface area contributed by atoms with Gasteiger partial charge in [0.25, 0.3) is 0 Å². The van der Waals surface area contributed by atoms with Crippen LogP contribution in [-0.4, -0.2) is 18.6 Å². The molecule has 3 heteroatoms. The maximum absolute atomic E-state index is 10.8. The Hall–Kier alpha value is -0.730. The molecule has 0 bridgehead atoms. The second kappa shape index (κ2) is 5.09. The van der Waals surface area contributed by atoms with Gasteiger partial charge in [0, 0.05) is 12.6 Å². The summed E-state index contributed by atoms with van der Waals surface area (Å²) in [5, 5.41) is 5.44. The molecule has 0 aromatic heterocycles. The van der Waals surface area contributed by atoms with E-state index < -0.39 is 0 Å². The van der Waals surface area contributed by atoms with E-state index in [0.717, 1.165) is 6.42 Å². The second-order valence-corrected chi connectivity index (χ2v) is 2.31. The highest BCUT2D eigenvalue weighted by Gasteiger charge is 2.01. The van der Waals surface area contributed by atoms with E-state index in [2.05, 4.69) is 10.6 Å². The molecule has 2 amide bonds. The molecule has 0 rings (SSSR count). The van der Waals surface area contributed by atoms with Gasteiger partial charge in [0.2, 0.25) is 0 Å². The number of urea groups is 1. The van der Waals surface area contributed by atoms with Crippen LogP contribution in [-0.2, 0) is 0 Å². The molecule has 0 fully saturated rings. The van der Waals surface area contributed by atoms with E-state index in [0.29, 0.717) is 6.54 Å². The Morgan fingerprint density at radius 1 is 1.50 bits per heavy atom. The lowest BCUT2D eigenvalue weighted by Crippen LogP contribution is -2.40. The van der Waals surface area contributed by atoms with Crippen molar-refractivity contribution in [2.75, 3.05) is 6.54 Å². The molecule has 0 aliphatic heterocycles. The molecule has 0 heterocycles. The van der Waals surface area contributed by atoms with E-state index in [9.17, 15) is 4.79 Å². The second-order valence-electron chi connectivity index (χ2n) is 2.31. The van der Waals surface area contributed by atoms with Gasteiger partial charge in [-0.3, -0.25) is 0 Å². The van der Waals surface area contributed by atoms with Crippen molar-refractivity contribution in [1.29, 1.82) is 0 Å². The predicted molar refractivity (Wildman–Crippen MR) is 42.0 cm³/mol. The van der Waals surface area contributed by atoms with Crippen molar-refractivity contribution in [3.63, 3.8) is 0 Å². The lowest BCUT2D eigenvalue weighted by atomic mass is 10.3. The standard InChI is InChI=1S/C7H16N2O/c1-4-6(3)9-7(10)8-5-2/h6H,4-5H2,1-3H3,(H2,8,9,10). The molecule has 1 atom stereocenters. The zero-order chi connectivity index (χ0) is 7.98. The number of carbonyl (C=O) groups is 1. The molecule has 60 valence electrons. The molecule has 0 saturated carbocycles. The fourth-order valence-corrected chi connectivity index (χ4v) is 0.537. The van der Waals surface area contributed by atoms with Gasteiger partial charge in [0.1, 0.15) is 0 Å². The minimum Gasteiger partial charge on any atom is -0.338 e. The lowest BCUT2D eigenvalue weighted by molar-refractivity contribution is 0.238. The summed E-state index contributed by atoms with van der Waals surface area (Å²) in [4.78, 5) is 10.8. The minimum absolute atomic E-state index is 0.0724. The van der Waals surface area contributed by atoms with Gasteiger partial charge < -0.3 is 10.6 Å². The van der Waals surface area contributed by atoms with Gasteiger partial charge in [-0.1, -0.05) is 6.92 Å². The third kappa shape index (κ3) is 4.18. The van der Waals surface area contributed by atoms with Crippen molar-refractivity contribution in [1.82, 2.24) is 10.6 Å². The highest BCUT2D eigenvalue weighted by molar-refractivity contribution is 5.73. The number of amides is 2. The van der Waals surface area contributed by atoms with Crippen molar-refractivity contribution in [2.24, 2.45) is 0 Å². The predicted octanol–water partition coefficient (Wildman–Crippen LogP) is 1.10. The van der Waals surface area contributed by atoms with Crippen LogP contribution in [0.3, 0.4) is 0 Å². The van der Waals surface area contributed by atoms with E-state index in [1.807, 2.05) is 20.8 Å². The first kappa shape index (κ1) is 9.27. The quantitative estimate of drug-likeness (QED) is 0.612. The molecule has 0 aromatic rings. The smallest absolute Gasteiger partial charge is 0.314 e. The third-order valence-electron chi connectivity index (χ3n) is 1.33. The van der Waals surface area contributed by atoms with Crippen molar-refractivity contribution in [3.05, 3.63) is 0 Å². The van der Waals surface area contributed by atoms with Crippen LogP contribution < -0.4 is 10.6 Å². The minimum atomic E-state index is -0.0724. The fraction of sp³-hybridized carbons (Fsp3) is 0.857. The summed E-state index contributed by atoms with van der Waals surface area (Å²) in [6.07, 6.45) is 0.969. The Kier molecular flexibility index (Phi) is 4.72. The van der Waals surface area contributed by atoms with Crippen LogP contribution in [0.1, 0.15) is 27.2 Å². The SMILES string of the molecule is CCNC(=O)NC(C)CC. The summed E-state index contributed by atoms with van der Waals surface area (Å²) in [5.41, 5.74) is 0. The van der Waals surface area contributed by atoms with Gasteiger partial charge in [0.15, 0.2) is 0 Å². The normalized spacial score (nSPS) is 12.3. The summed E-state index contributed by atoms with van der Waals surface area (Å²) in [5.74, 6) is 0. The molecule has 0 aromatic carbocycles. The Balaban J connectivity index is 3.37. The molecule has 0 aliphatic rings. The van der Waals surface area contributed by atoms with Crippen LogP contribution >= 0.6 is 0 Å². The van der Waals surface area contributed by atoms with Crippen molar-refractivity contribution in [2.45, 2.75) is 33.2 Å². The van der Waals surface area contributed by atoms with E-state index in [1.54, 1.807) is 0 Å². The monoisotopic (exact) mass is 144 g/mol. The third-order valence-corrected chi connectivity index (χ3v) is 1.33. The molecule has 2 N–H and O–H groups in total. The van der Waals surface area contributed by atoms with Gasteiger partial charge >= 0.3 is 6.03 Å². The van der Waals surface area contributed by atoms with Crippen molar-refractivity contribution >= 4 is 6.03 Å². The first-order valence-electron chi connectivity index (χ1n) is 3.75. The summed E-state index contributed by atoms with van der Waals surface area (Å²) in [6.45, 7) is 6.60. The molecular weight excluding hydrogens is 128 g/mol.